The molecule has 0 aliphatic heterocycles. The standard InChI is InChI=1S/C9H12.C7H8.C3H6/c1-8(2)9-6-4-3-5-7-9;1-7-5-3-2-4-6-7;1-3-2/h3-8H,1-2H3;2-6H,1H3;3H,1H2,2H3. The van der Waals surface area contributed by atoms with Crippen LogP contribution in [0.25, 0.3) is 0 Å². The molecule has 0 spiro atoms. The van der Waals surface area contributed by atoms with E-state index >= 15 is 0 Å². The molecule has 0 aromatic heterocycles. The smallest absolute Gasteiger partial charge is 0.0219 e. The van der Waals surface area contributed by atoms with Gasteiger partial charge in [-0.15, -0.1) is 6.58 Å². The molecule has 0 aliphatic rings. The van der Waals surface area contributed by atoms with Gasteiger partial charge in [-0.2, -0.15) is 0 Å². The molecule has 0 fully saturated rings. The van der Waals surface area contributed by atoms with Crippen molar-refractivity contribution in [3.05, 3.63) is 84.4 Å². The Hall–Kier alpha value is -1.82. The van der Waals surface area contributed by atoms with Gasteiger partial charge in [0.2, 0.25) is 0 Å². The fraction of sp³-hybridized carbons (Fsp3) is 0.263. The minimum atomic E-state index is 0.659. The molecule has 0 nitrogen and oxygen atoms in total. The van der Waals surface area contributed by atoms with Gasteiger partial charge in [0.05, 0.1) is 0 Å². The van der Waals surface area contributed by atoms with Crippen LogP contribution in [0.5, 0.6) is 0 Å². The van der Waals surface area contributed by atoms with Crippen LogP contribution in [0.1, 0.15) is 37.8 Å². The molecule has 19 heavy (non-hydrogen) atoms. The van der Waals surface area contributed by atoms with Gasteiger partial charge in [-0.25, -0.2) is 0 Å². The Bertz CT molecular complexity index is 412. The number of benzene rings is 2. The highest BCUT2D eigenvalue weighted by molar-refractivity contribution is 5.17. The summed E-state index contributed by atoms with van der Waals surface area (Å²) in [6.45, 7) is 11.7. The third-order valence-electron chi connectivity index (χ3n) is 2.41. The summed E-state index contributed by atoms with van der Waals surface area (Å²) >= 11 is 0. The number of aryl methyl sites for hydroxylation is 1. The summed E-state index contributed by atoms with van der Waals surface area (Å²) in [4.78, 5) is 0. The van der Waals surface area contributed by atoms with Crippen molar-refractivity contribution in [3.63, 3.8) is 0 Å². The fourth-order valence-electron chi connectivity index (χ4n) is 1.37. The summed E-state index contributed by atoms with van der Waals surface area (Å²) in [5, 5.41) is 0. The Kier molecular flexibility index (Phi) is 10.2. The molecule has 0 bridgehead atoms. The van der Waals surface area contributed by atoms with Crippen molar-refractivity contribution >= 4 is 0 Å². The number of allylic oxidation sites excluding steroid dienone is 1. The molecular formula is C19H26. The van der Waals surface area contributed by atoms with E-state index in [0.29, 0.717) is 5.92 Å². The van der Waals surface area contributed by atoms with E-state index in [9.17, 15) is 0 Å². The topological polar surface area (TPSA) is 0 Å². The molecule has 102 valence electrons. The lowest BCUT2D eigenvalue weighted by Crippen LogP contribution is -1.83. The number of rotatable bonds is 1. The normalized spacial score (nSPS) is 8.68. The van der Waals surface area contributed by atoms with Gasteiger partial charge in [-0.05, 0) is 25.3 Å². The van der Waals surface area contributed by atoms with Crippen LogP contribution in [0.2, 0.25) is 0 Å². The molecule has 0 heteroatoms. The summed E-state index contributed by atoms with van der Waals surface area (Å²) in [6.07, 6.45) is 1.75. The molecule has 0 saturated heterocycles. The average molecular weight is 254 g/mol. The number of hydrogen-bond acceptors (Lipinski definition) is 0. The van der Waals surface area contributed by atoms with Crippen LogP contribution in [-0.4, -0.2) is 0 Å². The van der Waals surface area contributed by atoms with E-state index in [4.69, 9.17) is 0 Å². The first-order chi connectivity index (χ1) is 9.11. The van der Waals surface area contributed by atoms with Crippen molar-refractivity contribution < 1.29 is 0 Å². The van der Waals surface area contributed by atoms with Crippen molar-refractivity contribution in [1.29, 1.82) is 0 Å². The van der Waals surface area contributed by atoms with E-state index in [1.165, 1.54) is 11.1 Å². The zero-order valence-electron chi connectivity index (χ0n) is 12.6. The van der Waals surface area contributed by atoms with Gasteiger partial charge in [0, 0.05) is 0 Å². The Morgan fingerprint density at radius 1 is 0.842 bits per heavy atom. The van der Waals surface area contributed by atoms with E-state index in [-0.39, 0.29) is 0 Å². The second-order valence-corrected chi connectivity index (χ2v) is 4.63. The zero-order valence-corrected chi connectivity index (χ0v) is 12.6. The van der Waals surface area contributed by atoms with Gasteiger partial charge >= 0.3 is 0 Å². The highest BCUT2D eigenvalue weighted by Crippen LogP contribution is 2.11. The Morgan fingerprint density at radius 2 is 1.21 bits per heavy atom. The van der Waals surface area contributed by atoms with Gasteiger partial charge in [-0.1, -0.05) is 86.2 Å². The van der Waals surface area contributed by atoms with Gasteiger partial charge in [0.15, 0.2) is 0 Å². The molecule has 0 unspecified atom stereocenters. The van der Waals surface area contributed by atoms with Gasteiger partial charge in [0.25, 0.3) is 0 Å². The summed E-state index contributed by atoms with van der Waals surface area (Å²) < 4.78 is 0. The maximum absolute atomic E-state index is 3.36. The SMILES string of the molecule is C=CC.CC(C)c1ccccc1.Cc1ccccc1. The third-order valence-corrected chi connectivity index (χ3v) is 2.41. The summed E-state index contributed by atoms with van der Waals surface area (Å²) in [5.74, 6) is 0.659. The van der Waals surface area contributed by atoms with Gasteiger partial charge in [0.1, 0.15) is 0 Å². The largest absolute Gasteiger partial charge is 0.103 e. The van der Waals surface area contributed by atoms with Crippen LogP contribution in [0.3, 0.4) is 0 Å². The summed E-state index contributed by atoms with van der Waals surface area (Å²) in [6, 6.07) is 20.8. The molecule has 0 heterocycles. The van der Waals surface area contributed by atoms with E-state index < -0.39 is 0 Å². The van der Waals surface area contributed by atoms with Crippen LogP contribution in [0.4, 0.5) is 0 Å². The van der Waals surface area contributed by atoms with E-state index in [1.807, 2.05) is 31.2 Å². The first kappa shape index (κ1) is 17.2. The summed E-state index contributed by atoms with van der Waals surface area (Å²) in [5.41, 5.74) is 2.74. The Morgan fingerprint density at radius 3 is 1.42 bits per heavy atom. The molecule has 0 amide bonds. The maximum Gasteiger partial charge on any atom is -0.0219 e. The van der Waals surface area contributed by atoms with E-state index in [0.717, 1.165) is 0 Å². The van der Waals surface area contributed by atoms with Crippen LogP contribution >= 0.6 is 0 Å². The van der Waals surface area contributed by atoms with Crippen LogP contribution in [-0.2, 0) is 0 Å². The van der Waals surface area contributed by atoms with Crippen molar-refractivity contribution in [3.8, 4) is 0 Å². The monoisotopic (exact) mass is 254 g/mol. The molecular weight excluding hydrogens is 228 g/mol. The lowest BCUT2D eigenvalue weighted by Gasteiger charge is -2.01. The molecule has 0 saturated carbocycles. The van der Waals surface area contributed by atoms with Crippen LogP contribution < -0.4 is 0 Å². The van der Waals surface area contributed by atoms with E-state index in [1.54, 1.807) is 6.08 Å². The molecule has 2 aromatic rings. The summed E-state index contributed by atoms with van der Waals surface area (Å²) in [7, 11) is 0. The Balaban J connectivity index is 0.000000289. The molecule has 0 N–H and O–H groups in total. The minimum Gasteiger partial charge on any atom is -0.103 e. The number of hydrogen-bond donors (Lipinski definition) is 0. The van der Waals surface area contributed by atoms with Crippen molar-refractivity contribution in [2.75, 3.05) is 0 Å². The lowest BCUT2D eigenvalue weighted by atomic mass is 10.0. The predicted octanol–water partition coefficient (Wildman–Crippen LogP) is 6.00. The maximum atomic E-state index is 3.36. The quantitative estimate of drug-likeness (QED) is 0.548. The second-order valence-electron chi connectivity index (χ2n) is 4.63. The third kappa shape index (κ3) is 9.84. The van der Waals surface area contributed by atoms with Crippen LogP contribution in [0, 0.1) is 6.92 Å². The first-order valence-corrected chi connectivity index (χ1v) is 6.75. The molecule has 0 atom stereocenters. The van der Waals surface area contributed by atoms with Gasteiger partial charge in [-0.3, -0.25) is 0 Å². The highest BCUT2D eigenvalue weighted by Gasteiger charge is 1.93. The van der Waals surface area contributed by atoms with Crippen molar-refractivity contribution in [2.45, 2.75) is 33.6 Å². The Labute approximate surface area is 118 Å². The second kappa shape index (κ2) is 11.3. The average Bonchev–Trinajstić information content (AvgIpc) is 2.42. The fourth-order valence-corrected chi connectivity index (χ4v) is 1.37. The first-order valence-electron chi connectivity index (χ1n) is 6.75. The zero-order chi connectivity index (χ0) is 14.5. The molecule has 0 aliphatic carbocycles. The van der Waals surface area contributed by atoms with Crippen molar-refractivity contribution in [1.82, 2.24) is 0 Å². The van der Waals surface area contributed by atoms with Crippen molar-refractivity contribution in [2.24, 2.45) is 0 Å². The lowest BCUT2D eigenvalue weighted by molar-refractivity contribution is 0.867. The van der Waals surface area contributed by atoms with Gasteiger partial charge < -0.3 is 0 Å². The predicted molar refractivity (Wildman–Crippen MR) is 87.6 cm³/mol. The molecule has 0 radical (unpaired) electrons. The van der Waals surface area contributed by atoms with Crippen LogP contribution in [0.15, 0.2) is 73.3 Å². The molecule has 2 aromatic carbocycles. The highest BCUT2D eigenvalue weighted by atomic mass is 14.0. The minimum absolute atomic E-state index is 0.659. The molecule has 2 rings (SSSR count). The van der Waals surface area contributed by atoms with E-state index in [2.05, 4.69) is 63.7 Å².